The molecule has 1 aliphatic rings. The van der Waals surface area contributed by atoms with Crippen LogP contribution in [0, 0.1) is 5.92 Å². The molecule has 2 unspecified atom stereocenters. The number of aliphatic hydroxyl groups is 1. The van der Waals surface area contributed by atoms with Gasteiger partial charge in [0.2, 0.25) is 0 Å². The molecule has 3 N–H and O–H groups in total. The summed E-state index contributed by atoms with van der Waals surface area (Å²) in [7, 11) is 1.66. The Morgan fingerprint density at radius 3 is 2.58 bits per heavy atom. The second-order valence-corrected chi connectivity index (χ2v) is 5.26. The molecule has 0 radical (unpaired) electrons. The number of hydrogen-bond acceptors (Lipinski definition) is 5. The van der Waals surface area contributed by atoms with Crippen molar-refractivity contribution < 1.29 is 19.3 Å². The second-order valence-electron chi connectivity index (χ2n) is 5.26. The summed E-state index contributed by atoms with van der Waals surface area (Å²) < 4.78 is 15.8. The van der Waals surface area contributed by atoms with Crippen molar-refractivity contribution in [2.45, 2.75) is 37.7 Å². The van der Waals surface area contributed by atoms with Crippen LogP contribution in [-0.4, -0.2) is 57.4 Å². The van der Waals surface area contributed by atoms with Crippen LogP contribution in [0.15, 0.2) is 0 Å². The molecule has 0 aromatic carbocycles. The Kier molecular flexibility index (Phi) is 8.57. The average Bonchev–Trinajstić information content (AvgIpc) is 2.79. The molecule has 1 fully saturated rings. The zero-order valence-electron chi connectivity index (χ0n) is 12.1. The molecule has 1 aliphatic carbocycles. The molecule has 114 valence electrons. The normalized spacial score (nSPS) is 27.0. The van der Waals surface area contributed by atoms with E-state index in [1.54, 1.807) is 7.11 Å². The summed E-state index contributed by atoms with van der Waals surface area (Å²) in [5.41, 5.74) is 5.00. The Hall–Kier alpha value is -0.200. The minimum atomic E-state index is -0.646. The van der Waals surface area contributed by atoms with E-state index in [1.807, 2.05) is 0 Å². The fourth-order valence-corrected chi connectivity index (χ4v) is 2.64. The van der Waals surface area contributed by atoms with Crippen LogP contribution in [0.3, 0.4) is 0 Å². The average molecular weight is 275 g/mol. The number of rotatable bonds is 11. The monoisotopic (exact) mass is 275 g/mol. The molecule has 2 atom stereocenters. The Bertz CT molecular complexity index is 227. The zero-order chi connectivity index (χ0) is 14.0. The van der Waals surface area contributed by atoms with Gasteiger partial charge in [-0.05, 0) is 31.6 Å². The van der Waals surface area contributed by atoms with Crippen molar-refractivity contribution in [3.05, 3.63) is 0 Å². The number of methoxy groups -OCH3 is 1. The number of hydrogen-bond donors (Lipinski definition) is 2. The Balaban J connectivity index is 1.93. The third-order valence-electron chi connectivity index (χ3n) is 3.90. The van der Waals surface area contributed by atoms with Crippen molar-refractivity contribution in [3.63, 3.8) is 0 Å². The van der Waals surface area contributed by atoms with Crippen molar-refractivity contribution in [2.75, 3.05) is 46.7 Å². The van der Waals surface area contributed by atoms with Gasteiger partial charge in [0.15, 0.2) is 0 Å². The summed E-state index contributed by atoms with van der Waals surface area (Å²) in [6.45, 7) is 3.76. The topological polar surface area (TPSA) is 73.9 Å². The molecule has 0 aromatic rings. The predicted molar refractivity (Wildman–Crippen MR) is 74.1 cm³/mol. The Labute approximate surface area is 116 Å². The highest BCUT2D eigenvalue weighted by molar-refractivity contribution is 4.92. The summed E-state index contributed by atoms with van der Waals surface area (Å²) in [5, 5.41) is 10.3. The van der Waals surface area contributed by atoms with E-state index >= 15 is 0 Å². The lowest BCUT2D eigenvalue weighted by atomic mass is 9.88. The van der Waals surface area contributed by atoms with Crippen molar-refractivity contribution in [2.24, 2.45) is 11.7 Å². The smallest absolute Gasteiger partial charge is 0.0798 e. The largest absolute Gasteiger partial charge is 0.388 e. The van der Waals surface area contributed by atoms with Crippen molar-refractivity contribution in [1.29, 1.82) is 0 Å². The first kappa shape index (κ1) is 16.9. The summed E-state index contributed by atoms with van der Waals surface area (Å²) >= 11 is 0. The fraction of sp³-hybridized carbons (Fsp3) is 1.00. The van der Waals surface area contributed by atoms with Gasteiger partial charge in [-0.2, -0.15) is 0 Å². The Morgan fingerprint density at radius 1 is 1.16 bits per heavy atom. The highest BCUT2D eigenvalue weighted by Crippen LogP contribution is 2.36. The predicted octanol–water partition coefficient (Wildman–Crippen LogP) is 0.936. The fourth-order valence-electron chi connectivity index (χ4n) is 2.64. The maximum atomic E-state index is 10.3. The first-order valence-electron chi connectivity index (χ1n) is 7.30. The van der Waals surface area contributed by atoms with Crippen LogP contribution in [-0.2, 0) is 14.2 Å². The van der Waals surface area contributed by atoms with E-state index in [0.29, 0.717) is 45.5 Å². The summed E-state index contributed by atoms with van der Waals surface area (Å²) in [4.78, 5) is 0. The van der Waals surface area contributed by atoms with Gasteiger partial charge in [-0.15, -0.1) is 0 Å². The van der Waals surface area contributed by atoms with E-state index in [0.717, 1.165) is 32.1 Å². The number of ether oxygens (including phenoxy) is 3. The molecule has 1 rings (SSSR count). The van der Waals surface area contributed by atoms with Gasteiger partial charge in [0.25, 0.3) is 0 Å². The summed E-state index contributed by atoms with van der Waals surface area (Å²) in [6.07, 6.45) is 4.78. The van der Waals surface area contributed by atoms with Crippen LogP contribution in [0.25, 0.3) is 0 Å². The summed E-state index contributed by atoms with van der Waals surface area (Å²) in [6, 6.07) is 0. The highest BCUT2D eigenvalue weighted by atomic mass is 16.5. The van der Waals surface area contributed by atoms with E-state index in [9.17, 15) is 5.11 Å². The van der Waals surface area contributed by atoms with Gasteiger partial charge in [-0.25, -0.2) is 0 Å². The van der Waals surface area contributed by atoms with E-state index in [4.69, 9.17) is 19.9 Å². The second kappa shape index (κ2) is 9.66. The molecule has 0 bridgehead atoms. The van der Waals surface area contributed by atoms with Gasteiger partial charge in [0.05, 0.1) is 18.8 Å². The third kappa shape index (κ3) is 6.19. The molecule has 0 aromatic heterocycles. The molecule has 0 spiro atoms. The molecule has 19 heavy (non-hydrogen) atoms. The maximum Gasteiger partial charge on any atom is 0.0798 e. The highest BCUT2D eigenvalue weighted by Gasteiger charge is 2.39. The van der Waals surface area contributed by atoms with Crippen molar-refractivity contribution in [3.8, 4) is 0 Å². The molecular formula is C14H29NO4. The minimum absolute atomic E-state index is 0.301. The number of nitrogens with two attached hydrogens (primary N) is 1. The molecule has 5 nitrogen and oxygen atoms in total. The molecule has 5 heteroatoms. The van der Waals surface area contributed by atoms with Crippen LogP contribution in [0.2, 0.25) is 0 Å². The molecule has 0 amide bonds. The molecular weight excluding hydrogens is 246 g/mol. The lowest BCUT2D eigenvalue weighted by Gasteiger charge is -2.28. The molecule has 0 aliphatic heterocycles. The molecule has 0 heterocycles. The van der Waals surface area contributed by atoms with Crippen molar-refractivity contribution >= 4 is 0 Å². The SMILES string of the molecule is COCCOCCCOCCC1CCCC1(O)CN. The van der Waals surface area contributed by atoms with Gasteiger partial charge in [0.1, 0.15) is 0 Å². The van der Waals surface area contributed by atoms with E-state index in [-0.39, 0.29) is 0 Å². The zero-order valence-corrected chi connectivity index (χ0v) is 12.1. The van der Waals surface area contributed by atoms with Gasteiger partial charge < -0.3 is 25.1 Å². The first-order valence-corrected chi connectivity index (χ1v) is 7.30. The van der Waals surface area contributed by atoms with Gasteiger partial charge in [0, 0.05) is 33.5 Å². The van der Waals surface area contributed by atoms with Crippen LogP contribution in [0.1, 0.15) is 32.1 Å². The quantitative estimate of drug-likeness (QED) is 0.549. The van der Waals surface area contributed by atoms with E-state index in [2.05, 4.69) is 0 Å². The minimum Gasteiger partial charge on any atom is -0.388 e. The van der Waals surface area contributed by atoms with Crippen LogP contribution in [0.4, 0.5) is 0 Å². The van der Waals surface area contributed by atoms with Crippen LogP contribution >= 0.6 is 0 Å². The van der Waals surface area contributed by atoms with Gasteiger partial charge in [-0.1, -0.05) is 6.42 Å². The Morgan fingerprint density at radius 2 is 1.89 bits per heavy atom. The van der Waals surface area contributed by atoms with Gasteiger partial charge in [-0.3, -0.25) is 0 Å². The molecule has 0 saturated heterocycles. The third-order valence-corrected chi connectivity index (χ3v) is 3.90. The maximum absolute atomic E-state index is 10.3. The van der Waals surface area contributed by atoms with Crippen molar-refractivity contribution in [1.82, 2.24) is 0 Å². The first-order chi connectivity index (χ1) is 9.23. The van der Waals surface area contributed by atoms with E-state index in [1.165, 1.54) is 0 Å². The summed E-state index contributed by atoms with van der Waals surface area (Å²) in [5.74, 6) is 0.301. The molecule has 1 saturated carbocycles. The van der Waals surface area contributed by atoms with E-state index < -0.39 is 5.60 Å². The lowest BCUT2D eigenvalue weighted by molar-refractivity contribution is -0.00643. The standard InChI is InChI=1S/C14H29NO4/c1-17-10-11-19-8-3-7-18-9-5-13-4-2-6-14(13,16)12-15/h13,16H,2-12,15H2,1H3. The van der Waals surface area contributed by atoms with Gasteiger partial charge >= 0.3 is 0 Å². The lowest BCUT2D eigenvalue weighted by Crippen LogP contribution is -2.41. The van der Waals surface area contributed by atoms with Crippen LogP contribution < -0.4 is 5.73 Å². The van der Waals surface area contributed by atoms with Crippen LogP contribution in [0.5, 0.6) is 0 Å².